The first-order valence-corrected chi connectivity index (χ1v) is 11.5. The maximum atomic E-state index is 10.7. The van der Waals surface area contributed by atoms with E-state index in [-0.39, 0.29) is 12.0 Å². The first-order valence-electron chi connectivity index (χ1n) is 10.7. The Morgan fingerprint density at radius 3 is 2.75 bits per heavy atom. The quantitative estimate of drug-likeness (QED) is 0.332. The zero-order valence-corrected chi connectivity index (χ0v) is 19.0. The highest BCUT2D eigenvalue weighted by Gasteiger charge is 2.42. The third kappa shape index (κ3) is 3.70. The number of aliphatic hydroxyl groups excluding tert-OH is 2. The summed E-state index contributed by atoms with van der Waals surface area (Å²) in [6, 6.07) is 9.81. The van der Waals surface area contributed by atoms with Gasteiger partial charge in [-0.05, 0) is 71.3 Å². The summed E-state index contributed by atoms with van der Waals surface area (Å²) in [6.45, 7) is 0. The van der Waals surface area contributed by atoms with Gasteiger partial charge < -0.3 is 26.2 Å². The molecule has 166 valence electrons. The van der Waals surface area contributed by atoms with Crippen LogP contribution in [-0.4, -0.2) is 41.9 Å². The summed E-state index contributed by atoms with van der Waals surface area (Å²) >= 11 is 3.41. The molecule has 1 saturated carbocycles. The van der Waals surface area contributed by atoms with Crippen LogP contribution < -0.4 is 11.5 Å². The minimum atomic E-state index is -0.849. The van der Waals surface area contributed by atoms with E-state index >= 15 is 0 Å². The molecule has 3 aromatic heterocycles. The van der Waals surface area contributed by atoms with Crippen LogP contribution in [-0.2, 0) is 6.42 Å². The van der Waals surface area contributed by atoms with E-state index in [1.165, 1.54) is 11.9 Å². The van der Waals surface area contributed by atoms with Crippen molar-refractivity contribution in [3.8, 4) is 0 Å². The zero-order chi connectivity index (χ0) is 22.4. The molecule has 4 aromatic rings. The van der Waals surface area contributed by atoms with Crippen molar-refractivity contribution in [2.45, 2.75) is 43.9 Å². The van der Waals surface area contributed by atoms with Gasteiger partial charge in [-0.15, -0.1) is 0 Å². The van der Waals surface area contributed by atoms with E-state index in [1.54, 1.807) is 0 Å². The molecule has 1 fully saturated rings. The van der Waals surface area contributed by atoms with Gasteiger partial charge in [-0.1, -0.05) is 12.1 Å². The Bertz CT molecular complexity index is 1290. The summed E-state index contributed by atoms with van der Waals surface area (Å²) in [6.07, 6.45) is 4.94. The van der Waals surface area contributed by atoms with E-state index in [9.17, 15) is 10.2 Å². The van der Waals surface area contributed by atoms with Gasteiger partial charge in [0.05, 0.1) is 27.5 Å². The van der Waals surface area contributed by atoms with Crippen LogP contribution in [0.3, 0.4) is 0 Å². The molecule has 0 radical (unpaired) electrons. The van der Waals surface area contributed by atoms with Crippen molar-refractivity contribution < 1.29 is 10.2 Å². The molecular weight excluding hydrogens is 472 g/mol. The number of rotatable bonds is 5. The third-order valence-corrected chi connectivity index (χ3v) is 7.21. The molecule has 0 amide bonds. The van der Waals surface area contributed by atoms with Crippen LogP contribution in [0.1, 0.15) is 30.9 Å². The van der Waals surface area contributed by atoms with Crippen LogP contribution in [0.15, 0.2) is 47.3 Å². The number of hydrogen-bond acceptors (Lipinski definition) is 7. The van der Waals surface area contributed by atoms with Gasteiger partial charge in [0, 0.05) is 11.6 Å². The number of benzene rings is 1. The number of aliphatic hydroxyl groups is 2. The fourth-order valence-corrected chi connectivity index (χ4v) is 5.18. The first kappa shape index (κ1) is 21.1. The number of fused-ring (bicyclic) bond motifs is 2. The maximum Gasteiger partial charge on any atom is 0.145 e. The van der Waals surface area contributed by atoms with Crippen molar-refractivity contribution in [1.29, 1.82) is 0 Å². The minimum absolute atomic E-state index is 0.0109. The lowest BCUT2D eigenvalue weighted by atomic mass is 9.96. The highest BCUT2D eigenvalue weighted by molar-refractivity contribution is 9.10. The molecule has 0 aliphatic heterocycles. The second-order valence-electron chi connectivity index (χ2n) is 8.54. The van der Waals surface area contributed by atoms with E-state index in [2.05, 4.69) is 49.1 Å². The largest absolute Gasteiger partial charge is 0.390 e. The molecule has 1 aliphatic carbocycles. The van der Waals surface area contributed by atoms with E-state index in [4.69, 9.17) is 11.5 Å². The van der Waals surface area contributed by atoms with Gasteiger partial charge in [-0.2, -0.15) is 0 Å². The molecule has 0 bridgehead atoms. The summed E-state index contributed by atoms with van der Waals surface area (Å²) < 4.78 is 2.71. The van der Waals surface area contributed by atoms with Gasteiger partial charge >= 0.3 is 0 Å². The number of anilines is 2. The minimum Gasteiger partial charge on any atom is -0.390 e. The smallest absolute Gasteiger partial charge is 0.145 e. The molecule has 1 aromatic carbocycles. The van der Waals surface area contributed by atoms with Crippen molar-refractivity contribution >= 4 is 49.5 Å². The molecular formula is C23H25BrN6O2. The van der Waals surface area contributed by atoms with Crippen LogP contribution in [0.2, 0.25) is 0 Å². The van der Waals surface area contributed by atoms with Gasteiger partial charge in [0.15, 0.2) is 0 Å². The van der Waals surface area contributed by atoms with Crippen molar-refractivity contribution in [2.75, 3.05) is 11.5 Å². The summed E-state index contributed by atoms with van der Waals surface area (Å²) in [4.78, 5) is 12.8. The number of nitrogens with two attached hydrogens (primary N) is 2. The number of nitrogen functional groups attached to an aromatic ring is 2. The fourth-order valence-electron chi connectivity index (χ4n) is 4.85. The van der Waals surface area contributed by atoms with Crippen LogP contribution in [0.4, 0.5) is 11.6 Å². The molecule has 0 spiro atoms. The predicted molar refractivity (Wildman–Crippen MR) is 128 cm³/mol. The Labute approximate surface area is 193 Å². The summed E-state index contributed by atoms with van der Waals surface area (Å²) in [5.74, 6) is 0.905. The van der Waals surface area contributed by atoms with Crippen molar-refractivity contribution in [1.82, 2.24) is 19.5 Å². The number of pyridine rings is 1. The van der Waals surface area contributed by atoms with Crippen LogP contribution in [0, 0.1) is 5.92 Å². The average Bonchev–Trinajstić information content (AvgIpc) is 3.32. The first-order chi connectivity index (χ1) is 15.4. The summed E-state index contributed by atoms with van der Waals surface area (Å²) in [7, 11) is 0. The second kappa shape index (κ2) is 8.31. The monoisotopic (exact) mass is 496 g/mol. The van der Waals surface area contributed by atoms with Crippen LogP contribution >= 0.6 is 15.9 Å². The van der Waals surface area contributed by atoms with E-state index < -0.39 is 12.2 Å². The Kier molecular flexibility index (Phi) is 5.48. The van der Waals surface area contributed by atoms with Gasteiger partial charge in [-0.25, -0.2) is 15.0 Å². The Morgan fingerprint density at radius 2 is 1.91 bits per heavy atom. The SMILES string of the molecule is Nc1nc2cc(CCC[C@H]3C[C@@H](n4ccc5c(N)ncnc54)[C@H](O)[C@@H]3O)ccc2cc1Br. The molecule has 9 heteroatoms. The number of aryl methyl sites for hydroxylation is 1. The van der Waals surface area contributed by atoms with Crippen LogP contribution in [0.5, 0.6) is 0 Å². The molecule has 3 heterocycles. The highest BCUT2D eigenvalue weighted by Crippen LogP contribution is 2.39. The van der Waals surface area contributed by atoms with Crippen molar-refractivity contribution in [3.05, 3.63) is 52.9 Å². The van der Waals surface area contributed by atoms with Gasteiger partial charge in [0.25, 0.3) is 0 Å². The van der Waals surface area contributed by atoms with Crippen LogP contribution in [0.25, 0.3) is 21.9 Å². The lowest BCUT2D eigenvalue weighted by Crippen LogP contribution is -2.29. The van der Waals surface area contributed by atoms with Gasteiger partial charge in [-0.3, -0.25) is 0 Å². The number of hydrogen-bond donors (Lipinski definition) is 4. The molecule has 1 aliphatic rings. The molecule has 4 atom stereocenters. The number of aromatic nitrogens is 4. The lowest BCUT2D eigenvalue weighted by molar-refractivity contribution is 0.00511. The van der Waals surface area contributed by atoms with E-state index in [0.717, 1.165) is 40.0 Å². The van der Waals surface area contributed by atoms with Gasteiger partial charge in [0.2, 0.25) is 0 Å². The predicted octanol–water partition coefficient (Wildman–Crippen LogP) is 3.21. The molecule has 8 nitrogen and oxygen atoms in total. The zero-order valence-electron chi connectivity index (χ0n) is 17.4. The highest BCUT2D eigenvalue weighted by atomic mass is 79.9. The number of nitrogens with zero attached hydrogens (tertiary/aromatic N) is 4. The molecule has 0 unspecified atom stereocenters. The Balaban J connectivity index is 1.26. The lowest BCUT2D eigenvalue weighted by Gasteiger charge is -2.19. The van der Waals surface area contributed by atoms with Crippen molar-refractivity contribution in [3.63, 3.8) is 0 Å². The molecule has 0 saturated heterocycles. The maximum absolute atomic E-state index is 10.7. The van der Waals surface area contributed by atoms with E-state index in [1.807, 2.05) is 22.9 Å². The fraction of sp³-hybridized carbons (Fsp3) is 0.348. The Morgan fingerprint density at radius 1 is 1.06 bits per heavy atom. The second-order valence-corrected chi connectivity index (χ2v) is 9.39. The molecule has 6 N–H and O–H groups in total. The average molecular weight is 497 g/mol. The van der Waals surface area contributed by atoms with Gasteiger partial charge in [0.1, 0.15) is 29.7 Å². The van der Waals surface area contributed by atoms with E-state index in [0.29, 0.717) is 23.7 Å². The summed E-state index contributed by atoms with van der Waals surface area (Å²) in [5, 5.41) is 23.2. The van der Waals surface area contributed by atoms with Crippen molar-refractivity contribution in [2.24, 2.45) is 5.92 Å². The third-order valence-electron chi connectivity index (χ3n) is 6.57. The number of halogens is 1. The topological polar surface area (TPSA) is 136 Å². The summed E-state index contributed by atoms with van der Waals surface area (Å²) in [5.41, 5.74) is 14.6. The normalized spacial score (nSPS) is 23.3. The standard InChI is InChI=1S/C23H25BrN6O2/c24-16-9-13-5-4-12(8-17(13)29-22(16)26)2-1-3-14-10-18(20(32)19(14)31)30-7-6-15-21(25)27-11-28-23(15)30/h4-9,11,14,18-20,31-32H,1-3,10H2,(H2,26,29)(H2,25,27,28)/t14-,18+,19+,20-/m0/s1. The Hall–Kier alpha value is -2.75. The molecule has 5 rings (SSSR count). The molecule has 32 heavy (non-hydrogen) atoms.